The molecular weight excluding hydrogens is 524 g/mol. The molecule has 1 aromatic carbocycles. The predicted molar refractivity (Wildman–Crippen MR) is 154 cm³/mol. The zero-order valence-corrected chi connectivity index (χ0v) is 24.1. The number of methoxy groups -OCH3 is 1. The van der Waals surface area contributed by atoms with Gasteiger partial charge in [0.05, 0.1) is 24.0 Å². The third kappa shape index (κ3) is 5.30. The second-order valence-corrected chi connectivity index (χ2v) is 12.3. The van der Waals surface area contributed by atoms with E-state index in [1.807, 2.05) is 0 Å². The molecule has 1 aliphatic carbocycles. The zero-order chi connectivity index (χ0) is 28.9. The van der Waals surface area contributed by atoms with Crippen molar-refractivity contribution in [2.45, 2.75) is 75.5 Å². The van der Waals surface area contributed by atoms with E-state index in [4.69, 9.17) is 20.2 Å². The van der Waals surface area contributed by atoms with Gasteiger partial charge in [0.25, 0.3) is 0 Å². The first-order chi connectivity index (χ1) is 19.6. The minimum atomic E-state index is -1.11. The third-order valence-corrected chi connectivity index (χ3v) is 8.91. The number of aliphatic hydroxyl groups is 2. The molecule has 1 saturated carbocycles. The van der Waals surface area contributed by atoms with E-state index >= 15 is 0 Å². The van der Waals surface area contributed by atoms with Crippen molar-refractivity contribution in [2.24, 2.45) is 5.92 Å². The van der Waals surface area contributed by atoms with E-state index in [1.54, 1.807) is 11.7 Å². The quantitative estimate of drug-likeness (QED) is 0.225. The fraction of sp³-hybridized carbons (Fsp3) is 0.586. The Bertz CT molecular complexity index is 1510. The van der Waals surface area contributed by atoms with Gasteiger partial charge in [-0.05, 0) is 49.9 Å². The molecule has 12 heteroatoms. The number of nitrogens with one attached hydrogen (secondary N) is 1. The van der Waals surface area contributed by atoms with Gasteiger partial charge in [-0.25, -0.2) is 19.9 Å². The summed E-state index contributed by atoms with van der Waals surface area (Å²) in [4.78, 5) is 23.0. The summed E-state index contributed by atoms with van der Waals surface area (Å²) in [6.45, 7) is 5.55. The fourth-order valence-corrected chi connectivity index (χ4v) is 6.28. The lowest BCUT2D eigenvalue weighted by Crippen LogP contribution is -2.47. The van der Waals surface area contributed by atoms with Gasteiger partial charge < -0.3 is 35.3 Å². The Morgan fingerprint density at radius 1 is 1.20 bits per heavy atom. The molecule has 5 N–H and O–H groups in total. The molecule has 12 nitrogen and oxygen atoms in total. The Morgan fingerprint density at radius 3 is 2.78 bits per heavy atom. The van der Waals surface area contributed by atoms with Gasteiger partial charge in [-0.2, -0.15) is 0 Å². The summed E-state index contributed by atoms with van der Waals surface area (Å²) in [5.41, 5.74) is 10.0. The fourth-order valence-electron chi connectivity index (χ4n) is 6.28. The minimum absolute atomic E-state index is 0.0584. The molecule has 3 aromatic heterocycles. The van der Waals surface area contributed by atoms with Gasteiger partial charge in [-0.15, -0.1) is 0 Å². The summed E-state index contributed by atoms with van der Waals surface area (Å²) in [7, 11) is 3.79. The molecule has 0 radical (unpaired) electrons. The van der Waals surface area contributed by atoms with Gasteiger partial charge in [0.2, 0.25) is 0 Å². The van der Waals surface area contributed by atoms with Crippen LogP contribution in [0.2, 0.25) is 0 Å². The van der Waals surface area contributed by atoms with E-state index in [1.165, 1.54) is 18.2 Å². The second-order valence-electron chi connectivity index (χ2n) is 12.3. The van der Waals surface area contributed by atoms with Gasteiger partial charge in [0, 0.05) is 31.5 Å². The molecule has 4 atom stereocenters. The molecule has 1 aliphatic heterocycles. The number of fused-ring (bicyclic) bond motifs is 2. The van der Waals surface area contributed by atoms with Crippen LogP contribution in [0, 0.1) is 5.92 Å². The topological polar surface area (TPSA) is 160 Å². The van der Waals surface area contributed by atoms with Crippen molar-refractivity contribution in [3.05, 3.63) is 42.2 Å². The van der Waals surface area contributed by atoms with Crippen molar-refractivity contribution < 1.29 is 19.7 Å². The van der Waals surface area contributed by atoms with Crippen LogP contribution in [0.1, 0.15) is 50.7 Å². The lowest BCUT2D eigenvalue weighted by atomic mass is 9.76. The number of aromatic nitrogens is 6. The normalized spacial score (nSPS) is 26.8. The Balaban J connectivity index is 1.00. The number of ether oxygens (including phenoxy) is 2. The van der Waals surface area contributed by atoms with Crippen molar-refractivity contribution in [1.29, 1.82) is 0 Å². The number of hydrogen-bond acceptors (Lipinski definition) is 10. The SMILES string of the molecule is COCC(C)(C)c1ccc2nc(CCC3CC(N(C)CC4OC(n5cnc6c(N)ncnc65)[C@H](O)[C@@H]4O)C3)[nH]c2c1. The van der Waals surface area contributed by atoms with Crippen LogP contribution in [0.3, 0.4) is 0 Å². The number of H-pyrrole nitrogens is 1. The number of imidazole rings is 2. The van der Waals surface area contributed by atoms with E-state index in [9.17, 15) is 10.2 Å². The van der Waals surface area contributed by atoms with Crippen LogP contribution in [0.4, 0.5) is 5.82 Å². The maximum atomic E-state index is 10.8. The highest BCUT2D eigenvalue weighted by Crippen LogP contribution is 2.37. The summed E-state index contributed by atoms with van der Waals surface area (Å²) in [6, 6.07) is 6.84. The number of nitrogen functional groups attached to an aromatic ring is 1. The molecule has 220 valence electrons. The zero-order valence-electron chi connectivity index (χ0n) is 24.1. The number of hydrogen-bond donors (Lipinski definition) is 4. The lowest BCUT2D eigenvalue weighted by molar-refractivity contribution is -0.0514. The first-order valence-electron chi connectivity index (χ1n) is 14.3. The maximum Gasteiger partial charge on any atom is 0.167 e. The van der Waals surface area contributed by atoms with Gasteiger partial charge >= 0.3 is 0 Å². The molecule has 41 heavy (non-hydrogen) atoms. The molecule has 0 amide bonds. The van der Waals surface area contributed by atoms with Gasteiger partial charge in [-0.1, -0.05) is 19.9 Å². The van der Waals surface area contributed by atoms with E-state index in [0.29, 0.717) is 36.3 Å². The van der Waals surface area contributed by atoms with Crippen molar-refractivity contribution >= 4 is 28.0 Å². The Kier molecular flexibility index (Phi) is 7.45. The van der Waals surface area contributed by atoms with Crippen LogP contribution in [-0.2, 0) is 21.3 Å². The van der Waals surface area contributed by atoms with Crippen molar-refractivity contribution in [1.82, 2.24) is 34.4 Å². The predicted octanol–water partition coefficient (Wildman–Crippen LogP) is 2.17. The van der Waals surface area contributed by atoms with Crippen molar-refractivity contribution in [2.75, 3.05) is 33.0 Å². The average Bonchev–Trinajstić information content (AvgIpc) is 3.60. The van der Waals surface area contributed by atoms with E-state index in [0.717, 1.165) is 42.5 Å². The molecule has 2 aliphatic rings. The number of nitrogens with zero attached hydrogens (tertiary/aromatic N) is 6. The molecule has 2 fully saturated rings. The number of aromatic amines is 1. The Labute approximate surface area is 238 Å². The van der Waals surface area contributed by atoms with Crippen LogP contribution in [0.25, 0.3) is 22.2 Å². The van der Waals surface area contributed by atoms with Gasteiger partial charge in [-0.3, -0.25) is 4.57 Å². The molecule has 4 heterocycles. The van der Waals surface area contributed by atoms with Crippen molar-refractivity contribution in [3.63, 3.8) is 0 Å². The minimum Gasteiger partial charge on any atom is -0.387 e. The monoisotopic (exact) mass is 564 g/mol. The van der Waals surface area contributed by atoms with E-state index < -0.39 is 24.5 Å². The maximum absolute atomic E-state index is 10.8. The van der Waals surface area contributed by atoms with Crippen molar-refractivity contribution in [3.8, 4) is 0 Å². The molecule has 0 spiro atoms. The highest BCUT2D eigenvalue weighted by Gasteiger charge is 2.45. The first-order valence-corrected chi connectivity index (χ1v) is 14.3. The number of nitrogens with two attached hydrogens (primary N) is 1. The van der Waals surface area contributed by atoms with Gasteiger partial charge in [0.1, 0.15) is 36.0 Å². The summed E-state index contributed by atoms with van der Waals surface area (Å²) in [5.74, 6) is 1.91. The molecule has 1 saturated heterocycles. The van der Waals surface area contributed by atoms with Crippen LogP contribution < -0.4 is 5.73 Å². The number of likely N-dealkylation sites (N-methyl/N-ethyl adjacent to an activating group) is 1. The van der Waals surface area contributed by atoms with E-state index in [2.05, 4.69) is 63.9 Å². The largest absolute Gasteiger partial charge is 0.387 e. The van der Waals surface area contributed by atoms with Gasteiger partial charge in [0.15, 0.2) is 17.7 Å². The average molecular weight is 565 g/mol. The molecule has 4 aromatic rings. The third-order valence-electron chi connectivity index (χ3n) is 8.91. The standard InChI is InChI=1S/C29H40N8O4/c1-29(2,13-40-4)17-6-7-19-20(11-17)35-22(34-19)8-5-16-9-18(10-16)36(3)12-21-24(38)25(39)28(41-21)37-15-33-23-26(30)31-14-32-27(23)37/h6-7,11,14-16,18,21,24-25,28,38-39H,5,8-10,12-13H2,1-4H3,(H,34,35)(H2,30,31,32)/t16?,18?,21?,24-,25-,28?/m1/s1. The lowest BCUT2D eigenvalue weighted by Gasteiger charge is -2.42. The number of benzene rings is 1. The highest BCUT2D eigenvalue weighted by molar-refractivity contribution is 5.81. The number of aryl methyl sites for hydroxylation is 1. The molecular formula is C29H40N8O4. The van der Waals surface area contributed by atoms with E-state index in [-0.39, 0.29) is 11.2 Å². The highest BCUT2D eigenvalue weighted by atomic mass is 16.6. The molecule has 6 rings (SSSR count). The summed E-state index contributed by atoms with van der Waals surface area (Å²) in [6.07, 6.45) is 3.56. The number of anilines is 1. The Morgan fingerprint density at radius 2 is 2.00 bits per heavy atom. The molecule has 0 bridgehead atoms. The summed E-state index contributed by atoms with van der Waals surface area (Å²) < 4.78 is 13.1. The van der Waals surface area contributed by atoms with Crippen LogP contribution in [0.5, 0.6) is 0 Å². The summed E-state index contributed by atoms with van der Waals surface area (Å²) in [5, 5.41) is 21.5. The molecule has 2 unspecified atom stereocenters. The second kappa shape index (κ2) is 10.9. The van der Waals surface area contributed by atoms with Crippen LogP contribution >= 0.6 is 0 Å². The summed E-state index contributed by atoms with van der Waals surface area (Å²) >= 11 is 0. The Hall–Kier alpha value is -3.16. The number of aliphatic hydroxyl groups excluding tert-OH is 2. The smallest absolute Gasteiger partial charge is 0.167 e. The number of rotatable bonds is 10. The van der Waals surface area contributed by atoms with Crippen LogP contribution in [-0.4, -0.2) is 96.3 Å². The van der Waals surface area contributed by atoms with Crippen LogP contribution in [0.15, 0.2) is 30.9 Å². The first kappa shape index (κ1) is 28.0.